The highest BCUT2D eigenvalue weighted by Crippen LogP contribution is 2.30. The number of hydroxylamine groups is 2. The molecule has 0 aliphatic carbocycles. The van der Waals surface area contributed by atoms with Gasteiger partial charge in [0.1, 0.15) is 0 Å². The molecule has 0 saturated carbocycles. The molecule has 0 saturated heterocycles. The van der Waals surface area contributed by atoms with Crippen molar-refractivity contribution in [2.45, 2.75) is 6.18 Å². The molecule has 0 atom stereocenters. The Morgan fingerprint density at radius 3 is 2.61 bits per heavy atom. The quantitative estimate of drug-likeness (QED) is 0.808. The Morgan fingerprint density at radius 2 is 2.00 bits per heavy atom. The van der Waals surface area contributed by atoms with Crippen LogP contribution in [0.4, 0.5) is 13.2 Å². The van der Waals surface area contributed by atoms with Crippen molar-refractivity contribution in [3.8, 4) is 5.69 Å². The minimum atomic E-state index is -4.51. The summed E-state index contributed by atoms with van der Waals surface area (Å²) in [5.74, 6) is -0.807. The first-order valence-corrected chi connectivity index (χ1v) is 6.34. The molecular weight excluding hydrogens is 315 g/mol. The summed E-state index contributed by atoms with van der Waals surface area (Å²) in [6.07, 6.45) is -3.33. The predicted molar refractivity (Wildman–Crippen MR) is 73.9 cm³/mol. The molecule has 9 heteroatoms. The van der Waals surface area contributed by atoms with Crippen LogP contribution in [0, 0.1) is 0 Å². The SMILES string of the molecule is CON(C)C(=O)c1nn(-c2cccc(C(F)(F)F)c2)ccc1=O. The Kier molecular flexibility index (Phi) is 4.50. The lowest BCUT2D eigenvalue weighted by atomic mass is 10.2. The fraction of sp³-hybridized carbons (Fsp3) is 0.214. The van der Waals surface area contributed by atoms with Gasteiger partial charge in [-0.1, -0.05) is 6.07 Å². The molecule has 1 aromatic carbocycles. The topological polar surface area (TPSA) is 64.4 Å². The van der Waals surface area contributed by atoms with Gasteiger partial charge in [0.25, 0.3) is 0 Å². The number of alkyl halides is 3. The molecule has 0 bridgehead atoms. The van der Waals surface area contributed by atoms with Gasteiger partial charge in [0.05, 0.1) is 18.4 Å². The number of hydrogen-bond donors (Lipinski definition) is 0. The lowest BCUT2D eigenvalue weighted by Gasteiger charge is -2.14. The molecule has 0 spiro atoms. The van der Waals surface area contributed by atoms with Crippen LogP contribution in [0.5, 0.6) is 0 Å². The summed E-state index contributed by atoms with van der Waals surface area (Å²) >= 11 is 0. The number of carbonyl (C=O) groups excluding carboxylic acids is 1. The van der Waals surface area contributed by atoms with E-state index in [1.807, 2.05) is 0 Å². The van der Waals surface area contributed by atoms with Crippen LogP contribution in [0.2, 0.25) is 0 Å². The van der Waals surface area contributed by atoms with E-state index in [1.165, 1.54) is 32.5 Å². The van der Waals surface area contributed by atoms with Gasteiger partial charge in [-0.25, -0.2) is 9.75 Å². The van der Waals surface area contributed by atoms with Crippen molar-refractivity contribution in [2.24, 2.45) is 0 Å². The Hall–Kier alpha value is -2.68. The first-order valence-electron chi connectivity index (χ1n) is 6.34. The maximum absolute atomic E-state index is 12.7. The standard InChI is InChI=1S/C14H12F3N3O3/c1-19(23-2)13(22)12-11(21)6-7-20(18-12)10-5-3-4-9(8-10)14(15,16)17/h3-8H,1-2H3. The second kappa shape index (κ2) is 6.21. The molecule has 1 heterocycles. The van der Waals surface area contributed by atoms with E-state index in [0.717, 1.165) is 27.9 Å². The smallest absolute Gasteiger partial charge is 0.287 e. The summed E-state index contributed by atoms with van der Waals surface area (Å²) in [7, 11) is 2.51. The maximum Gasteiger partial charge on any atom is 0.416 e. The van der Waals surface area contributed by atoms with E-state index in [0.29, 0.717) is 0 Å². The third-order valence-corrected chi connectivity index (χ3v) is 3.01. The van der Waals surface area contributed by atoms with Crippen molar-refractivity contribution in [2.75, 3.05) is 14.2 Å². The fourth-order valence-electron chi connectivity index (χ4n) is 1.76. The van der Waals surface area contributed by atoms with Crippen molar-refractivity contribution in [3.63, 3.8) is 0 Å². The zero-order chi connectivity index (χ0) is 17.2. The van der Waals surface area contributed by atoms with Gasteiger partial charge in [0.2, 0.25) is 5.43 Å². The summed E-state index contributed by atoms with van der Waals surface area (Å²) in [5, 5.41) is 4.59. The molecule has 0 radical (unpaired) electrons. The van der Waals surface area contributed by atoms with E-state index < -0.39 is 28.8 Å². The summed E-state index contributed by atoms with van der Waals surface area (Å²) in [6, 6.07) is 5.41. The number of carbonyl (C=O) groups is 1. The number of nitrogens with zero attached hydrogens (tertiary/aromatic N) is 3. The Balaban J connectivity index is 2.50. The zero-order valence-corrected chi connectivity index (χ0v) is 12.2. The largest absolute Gasteiger partial charge is 0.416 e. The lowest BCUT2D eigenvalue weighted by molar-refractivity contribution is -0.137. The lowest BCUT2D eigenvalue weighted by Crippen LogP contribution is -2.32. The van der Waals surface area contributed by atoms with Crippen LogP contribution < -0.4 is 5.43 Å². The van der Waals surface area contributed by atoms with Crippen LogP contribution in [0.1, 0.15) is 16.1 Å². The molecule has 0 N–H and O–H groups in total. The van der Waals surface area contributed by atoms with Gasteiger partial charge < -0.3 is 0 Å². The first kappa shape index (κ1) is 16.7. The number of halogens is 3. The van der Waals surface area contributed by atoms with E-state index in [9.17, 15) is 22.8 Å². The molecule has 2 rings (SSSR count). The second-order valence-corrected chi connectivity index (χ2v) is 4.51. The molecule has 0 aliphatic rings. The van der Waals surface area contributed by atoms with Crippen molar-refractivity contribution >= 4 is 5.91 Å². The Labute approximate surface area is 128 Å². The van der Waals surface area contributed by atoms with Crippen molar-refractivity contribution in [3.05, 3.63) is 58.0 Å². The highest BCUT2D eigenvalue weighted by molar-refractivity contribution is 5.91. The van der Waals surface area contributed by atoms with Crippen LogP contribution in [0.25, 0.3) is 5.69 Å². The van der Waals surface area contributed by atoms with E-state index in [-0.39, 0.29) is 5.69 Å². The first-order chi connectivity index (χ1) is 10.7. The highest BCUT2D eigenvalue weighted by atomic mass is 19.4. The summed E-state index contributed by atoms with van der Waals surface area (Å²) < 4.78 is 39.3. The molecule has 122 valence electrons. The van der Waals surface area contributed by atoms with Gasteiger partial charge in [0, 0.05) is 19.3 Å². The number of aromatic nitrogens is 2. The van der Waals surface area contributed by atoms with Crippen LogP contribution in [-0.4, -0.2) is 34.9 Å². The number of hydrogen-bond acceptors (Lipinski definition) is 4. The number of rotatable bonds is 3. The Morgan fingerprint density at radius 1 is 1.30 bits per heavy atom. The summed E-state index contributed by atoms with van der Waals surface area (Å²) in [4.78, 5) is 28.4. The summed E-state index contributed by atoms with van der Waals surface area (Å²) in [6.45, 7) is 0. The van der Waals surface area contributed by atoms with Gasteiger partial charge in [0.15, 0.2) is 5.69 Å². The van der Waals surface area contributed by atoms with Crippen molar-refractivity contribution in [1.82, 2.24) is 14.8 Å². The zero-order valence-electron chi connectivity index (χ0n) is 12.2. The fourth-order valence-corrected chi connectivity index (χ4v) is 1.76. The van der Waals surface area contributed by atoms with Crippen molar-refractivity contribution < 1.29 is 22.8 Å². The van der Waals surface area contributed by atoms with Crippen molar-refractivity contribution in [1.29, 1.82) is 0 Å². The molecule has 23 heavy (non-hydrogen) atoms. The number of benzene rings is 1. The molecule has 0 fully saturated rings. The van der Waals surface area contributed by atoms with Crippen LogP contribution in [0.15, 0.2) is 41.3 Å². The molecule has 1 amide bonds. The van der Waals surface area contributed by atoms with E-state index in [4.69, 9.17) is 0 Å². The van der Waals surface area contributed by atoms with Gasteiger partial charge in [-0.05, 0) is 18.2 Å². The van der Waals surface area contributed by atoms with Gasteiger partial charge in [-0.15, -0.1) is 0 Å². The predicted octanol–water partition coefficient (Wildman–Crippen LogP) is 1.88. The molecule has 2 aromatic rings. The minimum Gasteiger partial charge on any atom is -0.287 e. The average Bonchev–Trinajstić information content (AvgIpc) is 2.53. The normalized spacial score (nSPS) is 11.3. The molecule has 1 aromatic heterocycles. The maximum atomic E-state index is 12.7. The van der Waals surface area contributed by atoms with E-state index in [1.54, 1.807) is 0 Å². The van der Waals surface area contributed by atoms with E-state index >= 15 is 0 Å². The molecule has 0 unspecified atom stereocenters. The van der Waals surface area contributed by atoms with Crippen LogP contribution >= 0.6 is 0 Å². The monoisotopic (exact) mass is 327 g/mol. The van der Waals surface area contributed by atoms with Crippen LogP contribution in [0.3, 0.4) is 0 Å². The second-order valence-electron chi connectivity index (χ2n) is 4.51. The molecular formula is C14H12F3N3O3. The molecule has 0 aliphatic heterocycles. The van der Waals surface area contributed by atoms with E-state index in [2.05, 4.69) is 9.94 Å². The average molecular weight is 327 g/mol. The molecule has 6 nitrogen and oxygen atoms in total. The highest BCUT2D eigenvalue weighted by Gasteiger charge is 2.30. The van der Waals surface area contributed by atoms with Gasteiger partial charge >= 0.3 is 12.1 Å². The van der Waals surface area contributed by atoms with Gasteiger partial charge in [-0.2, -0.15) is 18.3 Å². The van der Waals surface area contributed by atoms with Crippen LogP contribution in [-0.2, 0) is 11.0 Å². The Bertz CT molecular complexity index is 787. The third kappa shape index (κ3) is 3.57. The summed E-state index contributed by atoms with van der Waals surface area (Å²) in [5.41, 5.74) is -1.93. The minimum absolute atomic E-state index is 0.0638. The van der Waals surface area contributed by atoms with Gasteiger partial charge in [-0.3, -0.25) is 14.4 Å². The number of amides is 1. The third-order valence-electron chi connectivity index (χ3n) is 3.01.